The number of benzene rings is 1. The van der Waals surface area contributed by atoms with Crippen molar-refractivity contribution in [3.05, 3.63) is 33.6 Å². The summed E-state index contributed by atoms with van der Waals surface area (Å²) >= 11 is 0. The number of nitrogens with two attached hydrogens (primary N) is 1. The lowest BCUT2D eigenvalue weighted by atomic mass is 10.00. The highest BCUT2D eigenvalue weighted by Gasteiger charge is 2.40. The molecule has 10 heteroatoms. The fourth-order valence-corrected chi connectivity index (χ4v) is 1.31. The third kappa shape index (κ3) is 3.46. The van der Waals surface area contributed by atoms with Crippen molar-refractivity contribution in [1.82, 2.24) is 0 Å². The van der Waals surface area contributed by atoms with Gasteiger partial charge in [-0.2, -0.15) is 0 Å². The van der Waals surface area contributed by atoms with E-state index in [1.165, 1.54) is 0 Å². The highest BCUT2D eigenvalue weighted by molar-refractivity contribution is 5.85. The van der Waals surface area contributed by atoms with Gasteiger partial charge in [0.15, 0.2) is 5.75 Å². The third-order valence-electron chi connectivity index (χ3n) is 2.28. The smallest absolute Gasteiger partial charge is 0.313 e. The third-order valence-corrected chi connectivity index (χ3v) is 2.28. The highest BCUT2D eigenvalue weighted by Crippen LogP contribution is 2.39. The van der Waals surface area contributed by atoms with Crippen molar-refractivity contribution < 1.29 is 28.3 Å². The van der Waals surface area contributed by atoms with Crippen molar-refractivity contribution in [2.24, 2.45) is 5.73 Å². The van der Waals surface area contributed by atoms with Crippen molar-refractivity contribution in [2.75, 3.05) is 6.61 Å². The lowest BCUT2D eigenvalue weighted by Gasteiger charge is -2.22. The predicted octanol–water partition coefficient (Wildman–Crippen LogP) is 1.49. The van der Waals surface area contributed by atoms with Crippen molar-refractivity contribution in [3.63, 3.8) is 0 Å². The van der Waals surface area contributed by atoms with Crippen molar-refractivity contribution >= 4 is 18.1 Å². The number of nitro benzene ring substituents is 1. The Hall–Kier alpha value is -1.58. The fraction of sp³-hybridized carbons (Fsp3) is 0.333. The minimum Gasteiger partial charge on any atom is -0.502 e. The maximum Gasteiger partial charge on any atom is 0.313 e. The zero-order valence-electron chi connectivity index (χ0n) is 9.22. The number of nitrogens with zero attached hydrogens (tertiary/aromatic N) is 1. The Labute approximate surface area is 111 Å². The second kappa shape index (κ2) is 6.04. The molecule has 108 valence electrons. The first-order valence-corrected chi connectivity index (χ1v) is 4.61. The van der Waals surface area contributed by atoms with Crippen LogP contribution in [-0.2, 0) is 0 Å². The zero-order chi connectivity index (χ0) is 14.1. The molecule has 0 radical (unpaired) electrons. The molecule has 0 amide bonds. The molecule has 1 aromatic carbocycles. The predicted molar refractivity (Wildman–Crippen MR) is 60.9 cm³/mol. The quantitative estimate of drug-likeness (QED) is 0.576. The molecule has 1 atom stereocenters. The number of aliphatic hydroxyl groups is 1. The Bertz CT molecular complexity index is 487. The summed E-state index contributed by atoms with van der Waals surface area (Å²) in [5, 5.41) is 28.3. The maximum atomic E-state index is 13.1. The molecule has 0 aliphatic carbocycles. The molecule has 0 aliphatic rings. The number of nitro groups is 1. The first-order chi connectivity index (χ1) is 8.20. The largest absolute Gasteiger partial charge is 0.502 e. The molecule has 19 heavy (non-hydrogen) atoms. The van der Waals surface area contributed by atoms with E-state index in [1.807, 2.05) is 0 Å². The monoisotopic (exact) mass is 302 g/mol. The van der Waals surface area contributed by atoms with Crippen LogP contribution in [0.25, 0.3) is 0 Å². The van der Waals surface area contributed by atoms with E-state index in [0.29, 0.717) is 12.1 Å². The van der Waals surface area contributed by atoms with Gasteiger partial charge in [0.1, 0.15) is 18.5 Å². The van der Waals surface area contributed by atoms with E-state index in [1.54, 1.807) is 0 Å². The Morgan fingerprint density at radius 2 is 2.00 bits per heavy atom. The number of phenolic OH excluding ortho intramolecular Hbond substituents is 1. The number of hydrogen-bond acceptors (Lipinski definition) is 5. The van der Waals surface area contributed by atoms with Gasteiger partial charge >= 0.3 is 5.69 Å². The topological polar surface area (TPSA) is 110 Å². The summed E-state index contributed by atoms with van der Waals surface area (Å²) in [6, 6.07) is -1.43. The average Bonchev–Trinajstić information content (AvgIpc) is 2.30. The number of aliphatic hydroxyl groups excluding tert-OH is 1. The van der Waals surface area contributed by atoms with Crippen LogP contribution in [0.2, 0.25) is 0 Å². The average molecular weight is 303 g/mol. The van der Waals surface area contributed by atoms with Gasteiger partial charge in [0, 0.05) is 5.56 Å². The summed E-state index contributed by atoms with van der Waals surface area (Å²) in [6.07, 6.45) is 0. The van der Waals surface area contributed by atoms with E-state index in [0.717, 1.165) is 0 Å². The molecule has 0 spiro atoms. The second-order valence-electron chi connectivity index (χ2n) is 3.52. The van der Waals surface area contributed by atoms with Gasteiger partial charge in [-0.15, -0.1) is 12.4 Å². The lowest BCUT2D eigenvalue weighted by Crippen LogP contribution is -2.36. The van der Waals surface area contributed by atoms with Crippen LogP contribution < -0.4 is 5.73 Å². The minimum atomic E-state index is -3.85. The Balaban J connectivity index is 0.00000324. The Morgan fingerprint density at radius 3 is 2.42 bits per heavy atom. The summed E-state index contributed by atoms with van der Waals surface area (Å²) in [6.45, 7) is -1.64. The van der Waals surface area contributed by atoms with Gasteiger partial charge in [-0.3, -0.25) is 10.1 Å². The summed E-state index contributed by atoms with van der Waals surface area (Å²) in [5.41, 5.74) is 3.14. The van der Waals surface area contributed by atoms with Gasteiger partial charge < -0.3 is 15.9 Å². The van der Waals surface area contributed by atoms with Crippen LogP contribution in [0, 0.1) is 15.9 Å². The molecule has 0 saturated heterocycles. The number of aromatic hydroxyl groups is 1. The van der Waals surface area contributed by atoms with Crippen molar-refractivity contribution in [3.8, 4) is 5.75 Å². The van der Waals surface area contributed by atoms with E-state index in [2.05, 4.69) is 0 Å². The second-order valence-corrected chi connectivity index (χ2v) is 3.52. The number of rotatable bonds is 4. The standard InChI is InChI=1S/C9H9F3N2O4.ClH/c10-4-1-5(8(13)9(11,12)3-15)7(16)6(2-4)14(17)18;/h1-2,8,15-16H,3,13H2;1H/t8-;/m0./s1. The van der Waals surface area contributed by atoms with Crippen LogP contribution in [0.4, 0.5) is 18.9 Å². The SMILES string of the molecule is Cl.N[C@@H](c1cc(F)cc([N+](=O)[O-])c1O)C(F)(F)CO. The zero-order valence-corrected chi connectivity index (χ0v) is 10.0. The maximum absolute atomic E-state index is 13.1. The fourth-order valence-electron chi connectivity index (χ4n) is 1.31. The molecular weight excluding hydrogens is 293 g/mol. The molecule has 1 rings (SSSR count). The van der Waals surface area contributed by atoms with E-state index in [4.69, 9.17) is 10.8 Å². The summed E-state index contributed by atoms with van der Waals surface area (Å²) in [5.74, 6) is -6.19. The Kier molecular flexibility index (Phi) is 5.54. The molecule has 0 bridgehead atoms. The van der Waals surface area contributed by atoms with Gasteiger partial charge in [-0.1, -0.05) is 0 Å². The molecule has 0 saturated carbocycles. The first kappa shape index (κ1) is 17.4. The molecule has 0 unspecified atom stereocenters. The molecule has 6 nitrogen and oxygen atoms in total. The normalized spacial score (nSPS) is 12.7. The van der Waals surface area contributed by atoms with E-state index >= 15 is 0 Å². The van der Waals surface area contributed by atoms with Crippen LogP contribution in [0.5, 0.6) is 5.75 Å². The van der Waals surface area contributed by atoms with E-state index in [-0.39, 0.29) is 12.4 Å². The molecule has 0 aromatic heterocycles. The van der Waals surface area contributed by atoms with Gasteiger partial charge in [0.2, 0.25) is 0 Å². The van der Waals surface area contributed by atoms with E-state index < -0.39 is 46.3 Å². The molecule has 1 aromatic rings. The van der Waals surface area contributed by atoms with Crippen LogP contribution in [0.3, 0.4) is 0 Å². The van der Waals surface area contributed by atoms with E-state index in [9.17, 15) is 28.4 Å². The molecular formula is C9H10ClF3N2O4. The molecule has 4 N–H and O–H groups in total. The number of phenols is 1. The molecule has 0 aliphatic heterocycles. The first-order valence-electron chi connectivity index (χ1n) is 4.61. The van der Waals surface area contributed by atoms with Gasteiger partial charge in [-0.25, -0.2) is 13.2 Å². The minimum absolute atomic E-state index is 0. The van der Waals surface area contributed by atoms with Gasteiger partial charge in [0.25, 0.3) is 5.92 Å². The number of halogens is 4. The van der Waals surface area contributed by atoms with Crippen molar-refractivity contribution in [2.45, 2.75) is 12.0 Å². The summed E-state index contributed by atoms with van der Waals surface area (Å²) < 4.78 is 39.2. The highest BCUT2D eigenvalue weighted by atomic mass is 35.5. The lowest BCUT2D eigenvalue weighted by molar-refractivity contribution is -0.386. The molecule has 0 fully saturated rings. The van der Waals surface area contributed by atoms with Crippen LogP contribution in [-0.4, -0.2) is 27.7 Å². The van der Waals surface area contributed by atoms with Crippen LogP contribution >= 0.6 is 12.4 Å². The number of hydrogen-bond donors (Lipinski definition) is 3. The van der Waals surface area contributed by atoms with Gasteiger partial charge in [0.05, 0.1) is 11.0 Å². The van der Waals surface area contributed by atoms with Gasteiger partial charge in [-0.05, 0) is 6.07 Å². The Morgan fingerprint density at radius 1 is 1.47 bits per heavy atom. The number of alkyl halides is 2. The molecule has 0 heterocycles. The summed E-state index contributed by atoms with van der Waals surface area (Å²) in [7, 11) is 0. The van der Waals surface area contributed by atoms with Crippen LogP contribution in [0.1, 0.15) is 11.6 Å². The van der Waals surface area contributed by atoms with Crippen LogP contribution in [0.15, 0.2) is 12.1 Å². The van der Waals surface area contributed by atoms with Crippen molar-refractivity contribution in [1.29, 1.82) is 0 Å². The summed E-state index contributed by atoms with van der Waals surface area (Å²) in [4.78, 5) is 9.34.